The van der Waals surface area contributed by atoms with Crippen molar-refractivity contribution < 1.29 is 14.3 Å². The third kappa shape index (κ3) is 3.77. The lowest BCUT2D eigenvalue weighted by Gasteiger charge is -2.17. The fraction of sp³-hybridized carbons (Fsp3) is 0.385. The van der Waals surface area contributed by atoms with Crippen LogP contribution in [0.5, 0.6) is 0 Å². The van der Waals surface area contributed by atoms with Gasteiger partial charge >= 0.3 is 5.97 Å². The molecule has 0 radical (unpaired) electrons. The number of rotatable bonds is 4. The summed E-state index contributed by atoms with van der Waals surface area (Å²) in [5, 5.41) is 6.63. The Balaban J connectivity index is 1.90. The topological polar surface area (TPSA) is 67.4 Å². The molecule has 1 fully saturated rings. The van der Waals surface area contributed by atoms with E-state index in [1.54, 1.807) is 25.1 Å². The summed E-state index contributed by atoms with van der Waals surface area (Å²) in [6.07, 6.45) is 0.214. The lowest BCUT2D eigenvalue weighted by atomic mass is 10.2. The van der Waals surface area contributed by atoms with Crippen molar-refractivity contribution in [2.75, 3.05) is 11.9 Å². The smallest absolute Gasteiger partial charge is 0.308 e. The average molecular weight is 317 g/mol. The van der Waals surface area contributed by atoms with Gasteiger partial charge in [0.05, 0.1) is 22.5 Å². The van der Waals surface area contributed by atoms with Crippen LogP contribution in [0, 0.1) is 0 Å². The largest absolute Gasteiger partial charge is 0.463 e. The zero-order valence-electron chi connectivity index (χ0n) is 10.8. The van der Waals surface area contributed by atoms with Gasteiger partial charge < -0.3 is 15.4 Å². The Morgan fingerprint density at radius 2 is 2.15 bits per heavy atom. The fourth-order valence-electron chi connectivity index (χ4n) is 1.83. The quantitative estimate of drug-likeness (QED) is 0.836. The Morgan fingerprint density at radius 3 is 2.75 bits per heavy atom. The van der Waals surface area contributed by atoms with Gasteiger partial charge in [-0.25, -0.2) is 0 Å². The molecule has 2 unspecified atom stereocenters. The van der Waals surface area contributed by atoms with E-state index in [1.165, 1.54) is 0 Å². The minimum atomic E-state index is -0.469. The summed E-state index contributed by atoms with van der Waals surface area (Å²) >= 11 is 11.7. The molecule has 1 aliphatic rings. The molecule has 1 saturated heterocycles. The first-order chi connectivity index (χ1) is 9.45. The number of nitrogens with one attached hydrogen (secondary N) is 2. The van der Waals surface area contributed by atoms with Crippen LogP contribution in [0.15, 0.2) is 18.2 Å². The van der Waals surface area contributed by atoms with Gasteiger partial charge in [-0.1, -0.05) is 23.2 Å². The molecule has 1 aliphatic heterocycles. The van der Waals surface area contributed by atoms with E-state index in [2.05, 4.69) is 10.6 Å². The summed E-state index contributed by atoms with van der Waals surface area (Å²) in [6.45, 7) is 1.94. The first-order valence-corrected chi connectivity index (χ1v) is 6.89. The van der Waals surface area contributed by atoms with Crippen molar-refractivity contribution in [3.63, 3.8) is 0 Å². The summed E-state index contributed by atoms with van der Waals surface area (Å²) in [5.41, 5.74) is 0.695. The number of anilines is 1. The van der Waals surface area contributed by atoms with Crippen molar-refractivity contribution in [3.8, 4) is 0 Å². The van der Waals surface area contributed by atoms with Crippen molar-refractivity contribution in [2.24, 2.45) is 0 Å². The highest BCUT2D eigenvalue weighted by Gasteiger charge is 2.26. The Labute approximate surface area is 126 Å². The van der Waals surface area contributed by atoms with E-state index in [4.69, 9.17) is 27.9 Å². The molecule has 0 saturated carbocycles. The maximum atomic E-state index is 12.0. The number of hydrogen-bond donors (Lipinski definition) is 2. The predicted octanol–water partition coefficient (Wildman–Crippen LogP) is 2.23. The molecule has 108 valence electrons. The van der Waals surface area contributed by atoms with Crippen molar-refractivity contribution in [1.29, 1.82) is 0 Å². The van der Waals surface area contributed by atoms with E-state index >= 15 is 0 Å². The van der Waals surface area contributed by atoms with E-state index in [0.717, 1.165) is 0 Å². The first kappa shape index (κ1) is 14.9. The maximum Gasteiger partial charge on any atom is 0.308 e. The Morgan fingerprint density at radius 1 is 1.40 bits per heavy atom. The van der Waals surface area contributed by atoms with Gasteiger partial charge in [-0.15, -0.1) is 0 Å². The molecular formula is C13H14Cl2N2O3. The molecule has 0 bridgehead atoms. The minimum absolute atomic E-state index is 0.209. The van der Waals surface area contributed by atoms with Gasteiger partial charge in [0.2, 0.25) is 5.91 Å². The summed E-state index contributed by atoms with van der Waals surface area (Å²) in [7, 11) is 0. The molecule has 0 aliphatic carbocycles. The highest BCUT2D eigenvalue weighted by Crippen LogP contribution is 2.25. The number of ether oxygens (including phenoxy) is 1. The third-order valence-corrected chi connectivity index (χ3v) is 3.64. The average Bonchev–Trinajstić information content (AvgIpc) is 2.79. The summed E-state index contributed by atoms with van der Waals surface area (Å²) in [6, 6.07) is 4.31. The highest BCUT2D eigenvalue weighted by molar-refractivity contribution is 6.42. The van der Waals surface area contributed by atoms with E-state index in [0.29, 0.717) is 15.7 Å². The van der Waals surface area contributed by atoms with Crippen LogP contribution in [0.4, 0.5) is 5.69 Å². The number of amides is 1. The highest BCUT2D eigenvalue weighted by atomic mass is 35.5. The minimum Gasteiger partial charge on any atom is -0.463 e. The van der Waals surface area contributed by atoms with Crippen LogP contribution < -0.4 is 10.6 Å². The van der Waals surface area contributed by atoms with Crippen LogP contribution in [0.25, 0.3) is 0 Å². The fourth-order valence-corrected chi connectivity index (χ4v) is 2.13. The van der Waals surface area contributed by atoms with Crippen LogP contribution in [0.1, 0.15) is 13.3 Å². The number of hydrogen-bond acceptors (Lipinski definition) is 4. The molecule has 1 amide bonds. The SMILES string of the molecule is CC(Nc1ccc(Cl)c(Cl)c1)C(=O)NC1COC(=O)C1. The number of esters is 1. The lowest BCUT2D eigenvalue weighted by Crippen LogP contribution is -2.43. The molecule has 2 rings (SSSR count). The number of benzene rings is 1. The molecule has 2 atom stereocenters. The first-order valence-electron chi connectivity index (χ1n) is 6.13. The number of carbonyl (C=O) groups excluding carboxylic acids is 2. The zero-order valence-corrected chi connectivity index (χ0v) is 12.3. The molecule has 5 nitrogen and oxygen atoms in total. The molecule has 0 spiro atoms. The van der Waals surface area contributed by atoms with Gasteiger partial charge in [0.25, 0.3) is 0 Å². The summed E-state index contributed by atoms with van der Waals surface area (Å²) in [4.78, 5) is 22.9. The van der Waals surface area contributed by atoms with Gasteiger partial charge in [0.15, 0.2) is 0 Å². The predicted molar refractivity (Wildman–Crippen MR) is 77.1 cm³/mol. The molecule has 0 aromatic heterocycles. The number of carbonyl (C=O) groups is 2. The van der Waals surface area contributed by atoms with E-state index in [9.17, 15) is 9.59 Å². The van der Waals surface area contributed by atoms with E-state index in [1.807, 2.05) is 0 Å². The summed E-state index contributed by atoms with van der Waals surface area (Å²) in [5.74, 6) is -0.500. The van der Waals surface area contributed by atoms with Gasteiger partial charge in [0.1, 0.15) is 12.6 Å². The Kier molecular flexibility index (Phi) is 4.73. The van der Waals surface area contributed by atoms with Gasteiger partial charge in [0, 0.05) is 5.69 Å². The van der Waals surface area contributed by atoms with Gasteiger partial charge in [-0.2, -0.15) is 0 Å². The van der Waals surface area contributed by atoms with Gasteiger partial charge in [-0.3, -0.25) is 9.59 Å². The second-order valence-electron chi connectivity index (χ2n) is 4.59. The molecule has 1 aromatic carbocycles. The maximum absolute atomic E-state index is 12.0. The van der Waals surface area contributed by atoms with E-state index in [-0.39, 0.29) is 30.9 Å². The second-order valence-corrected chi connectivity index (χ2v) is 5.40. The van der Waals surface area contributed by atoms with Crippen LogP contribution >= 0.6 is 23.2 Å². The normalized spacial score (nSPS) is 19.4. The molecule has 7 heteroatoms. The second kappa shape index (κ2) is 6.33. The molecule has 1 aromatic rings. The van der Waals surface area contributed by atoms with Crippen molar-refractivity contribution >= 4 is 40.8 Å². The standard InChI is InChI=1S/C13H14Cl2N2O3/c1-7(13(19)17-9-5-12(18)20-6-9)16-8-2-3-10(14)11(15)4-8/h2-4,7,9,16H,5-6H2,1H3,(H,17,19). The Hall–Kier alpha value is -1.46. The van der Waals surface area contributed by atoms with Crippen molar-refractivity contribution in [1.82, 2.24) is 5.32 Å². The molecule has 2 N–H and O–H groups in total. The van der Waals surface area contributed by atoms with Crippen LogP contribution in [-0.4, -0.2) is 30.6 Å². The molecule has 20 heavy (non-hydrogen) atoms. The number of halogens is 2. The lowest BCUT2D eigenvalue weighted by molar-refractivity contribution is -0.138. The van der Waals surface area contributed by atoms with Crippen molar-refractivity contribution in [3.05, 3.63) is 28.2 Å². The molecular weight excluding hydrogens is 303 g/mol. The van der Waals surface area contributed by atoms with Crippen LogP contribution in [-0.2, 0) is 14.3 Å². The van der Waals surface area contributed by atoms with Crippen LogP contribution in [0.2, 0.25) is 10.0 Å². The van der Waals surface area contributed by atoms with E-state index < -0.39 is 6.04 Å². The van der Waals surface area contributed by atoms with Gasteiger partial charge in [-0.05, 0) is 25.1 Å². The number of cyclic esters (lactones) is 1. The van der Waals surface area contributed by atoms with Crippen molar-refractivity contribution in [2.45, 2.75) is 25.4 Å². The monoisotopic (exact) mass is 316 g/mol. The Bertz CT molecular complexity index is 536. The third-order valence-electron chi connectivity index (χ3n) is 2.90. The van der Waals surface area contributed by atoms with Crippen LogP contribution in [0.3, 0.4) is 0 Å². The molecule has 1 heterocycles. The summed E-state index contributed by atoms with van der Waals surface area (Å²) < 4.78 is 4.79. The zero-order chi connectivity index (χ0) is 14.7.